The third kappa shape index (κ3) is 6.91. The number of nitrogens with zero attached hydrogens (tertiary/aromatic N) is 4. The van der Waals surface area contributed by atoms with Crippen molar-refractivity contribution in [3.63, 3.8) is 0 Å². The highest BCUT2D eigenvalue weighted by Crippen LogP contribution is 2.25. The Balaban J connectivity index is 1.96. The molecule has 2 saturated heterocycles. The van der Waals surface area contributed by atoms with Crippen LogP contribution in [-0.4, -0.2) is 64.5 Å². The van der Waals surface area contributed by atoms with Gasteiger partial charge in [0.25, 0.3) is 0 Å². The predicted molar refractivity (Wildman–Crippen MR) is 129 cm³/mol. The normalized spacial score (nSPS) is 18.6. The minimum atomic E-state index is -0.785. The first-order chi connectivity index (χ1) is 15.6. The molecular weight excluding hydrogens is 448 g/mol. The molecule has 2 rings (SSSR count). The van der Waals surface area contributed by atoms with Gasteiger partial charge in [0.05, 0.1) is 11.2 Å². The topological polar surface area (TPSA) is 193 Å². The average molecular weight is 479 g/mol. The number of nitrogens with one attached hydrogen (secondary N) is 2. The molecule has 0 radical (unpaired) electrons. The standard InChI is InChI=1S/C20H31ClN10O2/c1-3-30(11-7-22)8-4-14(32)31-9-5-20(6-10-31)12-26-19(29-20)28-18(33)15(17(24)25)27-16(21)13(2)23/h3,7,11H,1-2,4-6,8-10,12,22-25H2,(H2,26,28,29,33)/b11-7-,27-16+. The Kier molecular flexibility index (Phi) is 8.74. The number of guanidine groups is 1. The smallest absolute Gasteiger partial charge is 0.302 e. The molecule has 0 aromatic carbocycles. The monoisotopic (exact) mass is 478 g/mol. The number of hydrogen-bond donors (Lipinski definition) is 6. The lowest BCUT2D eigenvalue weighted by Crippen LogP contribution is -2.54. The van der Waals surface area contributed by atoms with Crippen LogP contribution in [0, 0.1) is 0 Å². The zero-order valence-corrected chi connectivity index (χ0v) is 19.1. The van der Waals surface area contributed by atoms with E-state index in [4.69, 9.17) is 34.5 Å². The van der Waals surface area contributed by atoms with E-state index in [1.165, 1.54) is 6.20 Å². The van der Waals surface area contributed by atoms with Gasteiger partial charge in [-0.15, -0.1) is 0 Å². The summed E-state index contributed by atoms with van der Waals surface area (Å²) in [6.07, 6.45) is 6.39. The van der Waals surface area contributed by atoms with Gasteiger partial charge < -0.3 is 43.4 Å². The van der Waals surface area contributed by atoms with Gasteiger partial charge in [-0.25, -0.2) is 4.99 Å². The Bertz CT molecular complexity index is 912. The molecule has 180 valence electrons. The molecule has 0 saturated carbocycles. The Labute approximate surface area is 197 Å². The molecule has 0 atom stereocenters. The van der Waals surface area contributed by atoms with Gasteiger partial charge >= 0.3 is 5.91 Å². The summed E-state index contributed by atoms with van der Waals surface area (Å²) < 4.78 is 0. The molecule has 2 heterocycles. The molecule has 0 bridgehead atoms. The summed E-state index contributed by atoms with van der Waals surface area (Å²) in [5, 5.41) is 6.12. The average Bonchev–Trinajstić information content (AvgIpc) is 3.16. The van der Waals surface area contributed by atoms with Crippen molar-refractivity contribution in [2.75, 3.05) is 26.2 Å². The Morgan fingerprint density at radius 3 is 2.48 bits per heavy atom. The second kappa shape index (κ2) is 11.3. The van der Waals surface area contributed by atoms with E-state index in [0.29, 0.717) is 45.4 Å². The molecule has 0 unspecified atom stereocenters. The van der Waals surface area contributed by atoms with Crippen molar-refractivity contribution in [1.82, 2.24) is 20.4 Å². The van der Waals surface area contributed by atoms with Crippen LogP contribution in [0.25, 0.3) is 0 Å². The highest BCUT2D eigenvalue weighted by atomic mass is 35.5. The second-order valence-corrected chi connectivity index (χ2v) is 8.01. The second-order valence-electron chi connectivity index (χ2n) is 7.65. The number of likely N-dealkylation sites (tertiary alicyclic amines) is 1. The SMILES string of the molecule is C=CN(/C=C\N)CCC(=O)N1CCC2(CC1)CN/C(=N\C(=O)C(/N=C(/Cl)C(=C)N)=C(N)N)N2. The number of hydrogen-bond acceptors (Lipinski definition) is 8. The third-order valence-electron chi connectivity index (χ3n) is 5.31. The van der Waals surface area contributed by atoms with E-state index in [1.54, 1.807) is 17.3 Å². The fourth-order valence-corrected chi connectivity index (χ4v) is 3.51. The van der Waals surface area contributed by atoms with Crippen molar-refractivity contribution < 1.29 is 9.59 Å². The van der Waals surface area contributed by atoms with Crippen LogP contribution in [-0.2, 0) is 9.59 Å². The van der Waals surface area contributed by atoms with E-state index in [9.17, 15) is 9.59 Å². The van der Waals surface area contributed by atoms with E-state index in [2.05, 4.69) is 33.8 Å². The number of amides is 2. The van der Waals surface area contributed by atoms with Crippen molar-refractivity contribution >= 4 is 34.5 Å². The lowest BCUT2D eigenvalue weighted by molar-refractivity contribution is -0.132. The molecule has 0 aromatic heterocycles. The van der Waals surface area contributed by atoms with Crippen molar-refractivity contribution in [2.45, 2.75) is 24.8 Å². The first-order valence-electron chi connectivity index (χ1n) is 10.2. The van der Waals surface area contributed by atoms with Gasteiger partial charge in [0.1, 0.15) is 5.82 Å². The molecule has 2 fully saturated rings. The Hall–Kier alpha value is -3.67. The summed E-state index contributed by atoms with van der Waals surface area (Å²) in [5.74, 6) is -0.805. The van der Waals surface area contributed by atoms with E-state index in [0.717, 1.165) is 0 Å². The number of aliphatic imine (C=N–C) groups is 2. The summed E-state index contributed by atoms with van der Waals surface area (Å²) in [7, 11) is 0. The van der Waals surface area contributed by atoms with Crippen molar-refractivity contribution in [3.05, 3.63) is 49.0 Å². The van der Waals surface area contributed by atoms with Gasteiger partial charge in [0.2, 0.25) is 5.91 Å². The van der Waals surface area contributed by atoms with E-state index < -0.39 is 5.91 Å². The molecule has 1 spiro atoms. The molecule has 0 aromatic rings. The summed E-state index contributed by atoms with van der Waals surface area (Å²) >= 11 is 5.83. The molecule has 10 N–H and O–H groups in total. The summed E-state index contributed by atoms with van der Waals surface area (Å²) in [5.41, 5.74) is 21.2. The van der Waals surface area contributed by atoms with E-state index in [-0.39, 0.29) is 39.8 Å². The van der Waals surface area contributed by atoms with Crippen LogP contribution in [0.4, 0.5) is 0 Å². The first-order valence-corrected chi connectivity index (χ1v) is 10.6. The summed E-state index contributed by atoms with van der Waals surface area (Å²) in [4.78, 5) is 36.4. The minimum absolute atomic E-state index is 0.0405. The lowest BCUT2D eigenvalue weighted by Gasteiger charge is -2.38. The number of rotatable bonds is 8. The molecular formula is C20H31ClN10O2. The van der Waals surface area contributed by atoms with Gasteiger partial charge in [-0.2, -0.15) is 4.99 Å². The number of carbonyl (C=O) groups excluding carboxylic acids is 2. The number of allylic oxidation sites excluding steroid dienone is 1. The summed E-state index contributed by atoms with van der Waals surface area (Å²) in [6, 6.07) is 0. The molecule has 13 heteroatoms. The van der Waals surface area contributed by atoms with Crippen molar-refractivity contribution in [2.24, 2.45) is 32.9 Å². The van der Waals surface area contributed by atoms with Gasteiger partial charge in [0.15, 0.2) is 16.8 Å². The van der Waals surface area contributed by atoms with Gasteiger partial charge in [0, 0.05) is 45.0 Å². The van der Waals surface area contributed by atoms with Crippen molar-refractivity contribution in [1.29, 1.82) is 0 Å². The van der Waals surface area contributed by atoms with Crippen LogP contribution in [0.5, 0.6) is 0 Å². The Morgan fingerprint density at radius 1 is 1.27 bits per heavy atom. The highest BCUT2D eigenvalue weighted by molar-refractivity contribution is 6.69. The van der Waals surface area contributed by atoms with Crippen LogP contribution in [0.15, 0.2) is 59.0 Å². The number of carbonyl (C=O) groups is 2. The fourth-order valence-electron chi connectivity index (χ4n) is 3.43. The maximum Gasteiger partial charge on any atom is 0.302 e. The highest BCUT2D eigenvalue weighted by Gasteiger charge is 2.40. The third-order valence-corrected chi connectivity index (χ3v) is 5.64. The van der Waals surface area contributed by atoms with Gasteiger partial charge in [-0.05, 0) is 19.0 Å². The first kappa shape index (κ1) is 25.6. The van der Waals surface area contributed by atoms with Crippen LogP contribution in [0.3, 0.4) is 0 Å². The van der Waals surface area contributed by atoms with E-state index >= 15 is 0 Å². The molecule has 2 amide bonds. The number of halogens is 1. The maximum atomic E-state index is 12.5. The van der Waals surface area contributed by atoms with Crippen LogP contribution >= 0.6 is 11.6 Å². The van der Waals surface area contributed by atoms with Gasteiger partial charge in [-0.3, -0.25) is 9.59 Å². The summed E-state index contributed by atoms with van der Waals surface area (Å²) in [6.45, 7) is 9.33. The number of piperidine rings is 1. The zero-order valence-electron chi connectivity index (χ0n) is 18.4. The largest absolute Gasteiger partial charge is 0.403 e. The number of nitrogens with two attached hydrogens (primary N) is 4. The lowest BCUT2D eigenvalue weighted by atomic mass is 9.88. The van der Waals surface area contributed by atoms with Crippen molar-refractivity contribution in [3.8, 4) is 0 Å². The predicted octanol–water partition coefficient (Wildman–Crippen LogP) is -1.12. The van der Waals surface area contributed by atoms with Gasteiger partial charge in [-0.1, -0.05) is 24.8 Å². The molecule has 2 aliphatic heterocycles. The molecule has 33 heavy (non-hydrogen) atoms. The van der Waals surface area contributed by atoms with Crippen LogP contribution in [0.2, 0.25) is 0 Å². The maximum absolute atomic E-state index is 12.5. The molecule has 2 aliphatic rings. The van der Waals surface area contributed by atoms with Crippen LogP contribution < -0.4 is 33.6 Å². The minimum Gasteiger partial charge on any atom is -0.403 e. The zero-order chi connectivity index (χ0) is 24.6. The van der Waals surface area contributed by atoms with E-state index in [1.807, 2.05) is 4.90 Å². The van der Waals surface area contributed by atoms with Crippen LogP contribution in [0.1, 0.15) is 19.3 Å². The Morgan fingerprint density at radius 2 is 1.94 bits per heavy atom. The molecule has 0 aliphatic carbocycles. The quantitative estimate of drug-likeness (QED) is 0.185. The molecule has 12 nitrogen and oxygen atoms in total. The fraction of sp³-hybridized carbons (Fsp3) is 0.400.